The lowest BCUT2D eigenvalue weighted by molar-refractivity contribution is 0.100. The number of nitrogens with one attached hydrogen (secondary N) is 1. The third-order valence-corrected chi connectivity index (χ3v) is 5.58. The summed E-state index contributed by atoms with van der Waals surface area (Å²) in [5.41, 5.74) is 4.33. The fraction of sp³-hybridized carbons (Fsp3) is 0.364. The van der Waals surface area contributed by atoms with Gasteiger partial charge in [-0.1, -0.05) is 0 Å². The number of fused-ring (bicyclic) bond motifs is 1. The Kier molecular flexibility index (Phi) is 4.49. The Labute approximate surface area is 163 Å². The number of benzene rings is 1. The van der Waals surface area contributed by atoms with Crippen LogP contribution in [0.25, 0.3) is 22.2 Å². The van der Waals surface area contributed by atoms with Crippen molar-refractivity contribution in [1.29, 1.82) is 0 Å². The fourth-order valence-corrected chi connectivity index (χ4v) is 3.92. The lowest BCUT2D eigenvalue weighted by Crippen LogP contribution is -2.37. The zero-order valence-electron chi connectivity index (χ0n) is 15.8. The van der Waals surface area contributed by atoms with E-state index in [-0.39, 0.29) is 5.91 Å². The van der Waals surface area contributed by atoms with E-state index < -0.39 is 0 Å². The van der Waals surface area contributed by atoms with Crippen LogP contribution >= 0.6 is 0 Å². The average molecular weight is 373 g/mol. The van der Waals surface area contributed by atoms with Crippen LogP contribution in [0.1, 0.15) is 36.0 Å². The van der Waals surface area contributed by atoms with Crippen LogP contribution in [0.4, 0.5) is 0 Å². The SMILES string of the molecule is O=C(N=C1CCCN(CC2CC2)C1)c1ccc2[nH]nc(-c3ccncc3)c2c1. The number of aromatic nitrogens is 3. The molecule has 1 N–H and O–H groups in total. The highest BCUT2D eigenvalue weighted by atomic mass is 16.1. The number of piperidine rings is 1. The van der Waals surface area contributed by atoms with Gasteiger partial charge in [0, 0.05) is 47.7 Å². The molecule has 1 aromatic carbocycles. The second-order valence-corrected chi connectivity index (χ2v) is 7.83. The molecule has 6 heteroatoms. The summed E-state index contributed by atoms with van der Waals surface area (Å²) in [5.74, 6) is 0.706. The third-order valence-electron chi connectivity index (χ3n) is 5.58. The maximum Gasteiger partial charge on any atom is 0.276 e. The van der Waals surface area contributed by atoms with Gasteiger partial charge in [0.25, 0.3) is 5.91 Å². The molecule has 1 amide bonds. The third kappa shape index (κ3) is 3.60. The number of aliphatic imine (C=N–C) groups is 1. The largest absolute Gasteiger partial charge is 0.298 e. The van der Waals surface area contributed by atoms with Crippen LogP contribution in [0.5, 0.6) is 0 Å². The molecule has 28 heavy (non-hydrogen) atoms. The fourth-order valence-electron chi connectivity index (χ4n) is 3.92. The molecular weight excluding hydrogens is 350 g/mol. The Morgan fingerprint density at radius 1 is 1.21 bits per heavy atom. The summed E-state index contributed by atoms with van der Waals surface area (Å²) in [6.07, 6.45) is 8.20. The van der Waals surface area contributed by atoms with Crippen molar-refractivity contribution in [3.05, 3.63) is 48.3 Å². The molecule has 1 aliphatic heterocycles. The number of aromatic amines is 1. The van der Waals surface area contributed by atoms with E-state index in [1.54, 1.807) is 12.4 Å². The molecule has 0 bridgehead atoms. The molecule has 3 heterocycles. The molecule has 1 saturated carbocycles. The normalized spacial score (nSPS) is 19.4. The maximum absolute atomic E-state index is 12.8. The second-order valence-electron chi connectivity index (χ2n) is 7.83. The summed E-state index contributed by atoms with van der Waals surface area (Å²) < 4.78 is 0. The first-order chi connectivity index (χ1) is 13.8. The second kappa shape index (κ2) is 7.28. The van der Waals surface area contributed by atoms with Gasteiger partial charge in [0.2, 0.25) is 0 Å². The van der Waals surface area contributed by atoms with Crippen molar-refractivity contribution in [1.82, 2.24) is 20.1 Å². The molecule has 1 saturated heterocycles. The highest BCUT2D eigenvalue weighted by Gasteiger charge is 2.26. The Morgan fingerprint density at radius 2 is 2.07 bits per heavy atom. The van der Waals surface area contributed by atoms with Crippen molar-refractivity contribution in [3.8, 4) is 11.3 Å². The minimum atomic E-state index is -0.160. The highest BCUT2D eigenvalue weighted by Crippen LogP contribution is 2.30. The van der Waals surface area contributed by atoms with Crippen LogP contribution < -0.4 is 0 Å². The number of hydrogen-bond donors (Lipinski definition) is 1. The van der Waals surface area contributed by atoms with Gasteiger partial charge in [0.05, 0.1) is 5.52 Å². The van der Waals surface area contributed by atoms with Crippen molar-refractivity contribution >= 4 is 22.5 Å². The monoisotopic (exact) mass is 373 g/mol. The Bertz CT molecular complexity index is 1040. The van der Waals surface area contributed by atoms with Gasteiger partial charge in [-0.05, 0) is 68.5 Å². The van der Waals surface area contributed by atoms with E-state index >= 15 is 0 Å². The topological polar surface area (TPSA) is 74.2 Å². The maximum atomic E-state index is 12.8. The summed E-state index contributed by atoms with van der Waals surface area (Å²) in [6.45, 7) is 3.11. The van der Waals surface area contributed by atoms with Crippen LogP contribution in [0, 0.1) is 5.92 Å². The van der Waals surface area contributed by atoms with Gasteiger partial charge in [-0.25, -0.2) is 4.99 Å². The number of H-pyrrole nitrogens is 1. The number of rotatable bonds is 4. The molecule has 2 aromatic heterocycles. The number of likely N-dealkylation sites (tertiary alicyclic amines) is 1. The van der Waals surface area contributed by atoms with Gasteiger partial charge >= 0.3 is 0 Å². The van der Waals surface area contributed by atoms with Crippen LogP contribution in [0.15, 0.2) is 47.7 Å². The summed E-state index contributed by atoms with van der Waals surface area (Å²) in [6, 6.07) is 9.46. The first kappa shape index (κ1) is 17.3. The van der Waals surface area contributed by atoms with Gasteiger partial charge in [-0.2, -0.15) is 5.10 Å². The smallest absolute Gasteiger partial charge is 0.276 e. The number of nitrogens with zero attached hydrogens (tertiary/aromatic N) is 4. The molecule has 1 aliphatic carbocycles. The highest BCUT2D eigenvalue weighted by molar-refractivity contribution is 6.07. The van der Waals surface area contributed by atoms with Gasteiger partial charge in [0.15, 0.2) is 0 Å². The predicted octanol–water partition coefficient (Wildman–Crippen LogP) is 3.71. The van der Waals surface area contributed by atoms with Crippen LogP contribution in [0.2, 0.25) is 0 Å². The molecule has 2 fully saturated rings. The van der Waals surface area contributed by atoms with Gasteiger partial charge < -0.3 is 0 Å². The zero-order valence-corrected chi connectivity index (χ0v) is 15.8. The van der Waals surface area contributed by atoms with E-state index in [0.717, 1.165) is 66.3 Å². The lowest BCUT2D eigenvalue weighted by Gasteiger charge is -2.27. The minimum Gasteiger partial charge on any atom is -0.298 e. The number of carbonyl (C=O) groups is 1. The van der Waals surface area contributed by atoms with E-state index in [1.165, 1.54) is 12.8 Å². The quantitative estimate of drug-likeness (QED) is 0.756. The molecule has 6 nitrogen and oxygen atoms in total. The molecule has 5 rings (SSSR count). The van der Waals surface area contributed by atoms with Gasteiger partial charge in [-0.15, -0.1) is 0 Å². The van der Waals surface area contributed by atoms with E-state index in [4.69, 9.17) is 0 Å². The summed E-state index contributed by atoms with van der Waals surface area (Å²) in [7, 11) is 0. The Balaban J connectivity index is 1.40. The summed E-state index contributed by atoms with van der Waals surface area (Å²) in [4.78, 5) is 23.8. The Morgan fingerprint density at radius 3 is 2.89 bits per heavy atom. The molecule has 0 spiro atoms. The van der Waals surface area contributed by atoms with Crippen molar-refractivity contribution < 1.29 is 4.79 Å². The lowest BCUT2D eigenvalue weighted by atomic mass is 10.1. The minimum absolute atomic E-state index is 0.160. The van der Waals surface area contributed by atoms with Gasteiger partial charge in [-0.3, -0.25) is 19.8 Å². The van der Waals surface area contributed by atoms with Gasteiger partial charge in [0.1, 0.15) is 5.69 Å². The van der Waals surface area contributed by atoms with E-state index in [0.29, 0.717) is 5.56 Å². The summed E-state index contributed by atoms with van der Waals surface area (Å²) in [5, 5.41) is 8.39. The average Bonchev–Trinajstić information content (AvgIpc) is 3.44. The van der Waals surface area contributed by atoms with Crippen LogP contribution in [-0.2, 0) is 0 Å². The number of amides is 1. The van der Waals surface area contributed by atoms with Crippen molar-refractivity contribution in [2.75, 3.05) is 19.6 Å². The van der Waals surface area contributed by atoms with Crippen molar-refractivity contribution in [3.63, 3.8) is 0 Å². The zero-order chi connectivity index (χ0) is 18.9. The molecule has 0 radical (unpaired) electrons. The number of pyridine rings is 1. The standard InChI is InChI=1S/C22H23N5O/c28-22(24-18-2-1-11-27(14-18)13-15-3-4-15)17-5-6-20-19(12-17)21(26-25-20)16-7-9-23-10-8-16/h5-10,12,15H,1-4,11,13-14H2,(H,25,26). The number of hydrogen-bond acceptors (Lipinski definition) is 4. The molecule has 3 aromatic rings. The molecule has 142 valence electrons. The Hall–Kier alpha value is -2.86. The van der Waals surface area contributed by atoms with E-state index in [9.17, 15) is 4.79 Å². The van der Waals surface area contributed by atoms with Crippen LogP contribution in [-0.4, -0.2) is 51.3 Å². The first-order valence-electron chi connectivity index (χ1n) is 9.98. The van der Waals surface area contributed by atoms with E-state index in [1.807, 2.05) is 30.3 Å². The molecule has 0 atom stereocenters. The number of carbonyl (C=O) groups excluding carboxylic acids is 1. The first-order valence-corrected chi connectivity index (χ1v) is 9.98. The molecule has 2 aliphatic rings. The van der Waals surface area contributed by atoms with Crippen LogP contribution in [0.3, 0.4) is 0 Å². The molecule has 0 unspecified atom stereocenters. The summed E-state index contributed by atoms with van der Waals surface area (Å²) >= 11 is 0. The van der Waals surface area contributed by atoms with Crippen molar-refractivity contribution in [2.24, 2.45) is 10.9 Å². The van der Waals surface area contributed by atoms with Crippen molar-refractivity contribution in [2.45, 2.75) is 25.7 Å². The van der Waals surface area contributed by atoms with E-state index in [2.05, 4.69) is 25.1 Å². The molecular formula is C22H23N5O. The predicted molar refractivity (Wildman–Crippen MR) is 109 cm³/mol.